The molecule has 0 heterocycles. The van der Waals surface area contributed by atoms with Gasteiger partial charge in [-0.15, -0.1) is 0 Å². The van der Waals surface area contributed by atoms with Crippen LogP contribution in [0, 0.1) is 0 Å². The number of rotatable bonds is 1. The number of likely N-dealkylation sites (N-methyl/N-ethyl adjacent to an activating group) is 1. The average Bonchev–Trinajstić information content (AvgIpc) is 1.82. The lowest BCUT2D eigenvalue weighted by Gasteiger charge is -2.46. The van der Waals surface area contributed by atoms with Gasteiger partial charge in [0.1, 0.15) is 5.72 Å². The minimum Gasteiger partial charge on any atom is -0.389 e. The van der Waals surface area contributed by atoms with E-state index in [1.807, 2.05) is 0 Å². The van der Waals surface area contributed by atoms with Crippen molar-refractivity contribution >= 4 is 0 Å². The maximum Gasteiger partial charge on any atom is 0.144 e. The molecule has 2 N–H and O–H groups in total. The molecule has 0 unspecified atom stereocenters. The number of hydrogen-bond acceptors (Lipinski definition) is 3. The van der Waals surface area contributed by atoms with Gasteiger partial charge in [-0.25, -0.2) is 0 Å². The van der Waals surface area contributed by atoms with Crippen LogP contribution in [0.5, 0.6) is 0 Å². The van der Waals surface area contributed by atoms with Gasteiger partial charge in [0.15, 0.2) is 0 Å². The monoisotopic (exact) mass is 131 g/mol. The Kier molecular flexibility index (Phi) is 1.50. The molecule has 1 aliphatic rings. The molecule has 0 spiro atoms. The molecule has 1 aliphatic carbocycles. The largest absolute Gasteiger partial charge is 0.389 e. The molecule has 0 saturated heterocycles. The van der Waals surface area contributed by atoms with Crippen molar-refractivity contribution in [3.05, 3.63) is 0 Å². The van der Waals surface area contributed by atoms with E-state index in [1.54, 1.807) is 19.0 Å². The Labute approximate surface area is 54.9 Å². The SMILES string of the molecule is CN(C)[C@]1(O)CC[C@H]1O. The van der Waals surface area contributed by atoms with Crippen LogP contribution in [0.4, 0.5) is 0 Å². The summed E-state index contributed by atoms with van der Waals surface area (Å²) in [6.07, 6.45) is 0.850. The van der Waals surface area contributed by atoms with Gasteiger partial charge in [-0.3, -0.25) is 4.90 Å². The van der Waals surface area contributed by atoms with Crippen LogP contribution in [0.1, 0.15) is 12.8 Å². The number of aliphatic hydroxyl groups excluding tert-OH is 1. The molecule has 2 atom stereocenters. The smallest absolute Gasteiger partial charge is 0.144 e. The van der Waals surface area contributed by atoms with Crippen molar-refractivity contribution in [2.24, 2.45) is 0 Å². The fraction of sp³-hybridized carbons (Fsp3) is 1.00. The molecule has 0 aromatic heterocycles. The number of aliphatic hydroxyl groups is 2. The molecular formula is C6H13NO2. The highest BCUT2D eigenvalue weighted by atomic mass is 16.4. The maximum absolute atomic E-state index is 9.43. The molecule has 0 aliphatic heterocycles. The molecular weight excluding hydrogens is 118 g/mol. The number of hydrogen-bond donors (Lipinski definition) is 2. The van der Waals surface area contributed by atoms with E-state index in [2.05, 4.69) is 0 Å². The van der Waals surface area contributed by atoms with Gasteiger partial charge >= 0.3 is 0 Å². The van der Waals surface area contributed by atoms with Crippen LogP contribution < -0.4 is 0 Å². The lowest BCUT2D eigenvalue weighted by atomic mass is 9.84. The summed E-state index contributed by atoms with van der Waals surface area (Å²) in [5, 5.41) is 18.5. The first-order chi connectivity index (χ1) is 4.07. The molecule has 9 heavy (non-hydrogen) atoms. The molecule has 54 valence electrons. The summed E-state index contributed by atoms with van der Waals surface area (Å²) in [6, 6.07) is 0. The molecule has 3 heteroatoms. The molecule has 0 aromatic rings. The molecule has 0 radical (unpaired) electrons. The Hall–Kier alpha value is -0.120. The van der Waals surface area contributed by atoms with Gasteiger partial charge < -0.3 is 10.2 Å². The van der Waals surface area contributed by atoms with Crippen molar-refractivity contribution in [1.82, 2.24) is 4.90 Å². The Morgan fingerprint density at radius 1 is 1.56 bits per heavy atom. The quantitative estimate of drug-likeness (QED) is 0.467. The van der Waals surface area contributed by atoms with Gasteiger partial charge in [-0.05, 0) is 26.9 Å². The van der Waals surface area contributed by atoms with Gasteiger partial charge in [0, 0.05) is 0 Å². The normalized spacial score (nSPS) is 43.0. The summed E-state index contributed by atoms with van der Waals surface area (Å²) in [4.78, 5) is 1.65. The summed E-state index contributed by atoms with van der Waals surface area (Å²) in [5.74, 6) is 0. The Bertz CT molecular complexity index is 109. The summed E-state index contributed by atoms with van der Waals surface area (Å²) < 4.78 is 0. The second-order valence-electron chi connectivity index (χ2n) is 2.83. The van der Waals surface area contributed by atoms with Crippen LogP contribution in [-0.2, 0) is 0 Å². The fourth-order valence-corrected chi connectivity index (χ4v) is 1.05. The van der Waals surface area contributed by atoms with Crippen molar-refractivity contribution < 1.29 is 10.2 Å². The maximum atomic E-state index is 9.43. The van der Waals surface area contributed by atoms with Crippen LogP contribution in [0.3, 0.4) is 0 Å². The molecule has 1 saturated carbocycles. The van der Waals surface area contributed by atoms with Crippen LogP contribution >= 0.6 is 0 Å². The van der Waals surface area contributed by atoms with Crippen LogP contribution in [0.25, 0.3) is 0 Å². The third kappa shape index (κ3) is 0.852. The van der Waals surface area contributed by atoms with Gasteiger partial charge in [0.25, 0.3) is 0 Å². The number of nitrogens with zero attached hydrogens (tertiary/aromatic N) is 1. The van der Waals surface area contributed by atoms with E-state index in [4.69, 9.17) is 5.11 Å². The summed E-state index contributed by atoms with van der Waals surface area (Å²) in [7, 11) is 3.53. The van der Waals surface area contributed by atoms with Gasteiger partial charge in [-0.1, -0.05) is 0 Å². The van der Waals surface area contributed by atoms with Gasteiger partial charge in [-0.2, -0.15) is 0 Å². The fourth-order valence-electron chi connectivity index (χ4n) is 1.05. The van der Waals surface area contributed by atoms with E-state index in [0.29, 0.717) is 12.8 Å². The first-order valence-corrected chi connectivity index (χ1v) is 3.15. The minimum atomic E-state index is -0.931. The van der Waals surface area contributed by atoms with Crippen molar-refractivity contribution in [3.63, 3.8) is 0 Å². The topological polar surface area (TPSA) is 43.7 Å². The lowest BCUT2D eigenvalue weighted by molar-refractivity contribution is -0.220. The molecule has 1 rings (SSSR count). The highest BCUT2D eigenvalue weighted by Gasteiger charge is 2.45. The van der Waals surface area contributed by atoms with E-state index in [0.717, 1.165) is 0 Å². The molecule has 0 amide bonds. The standard InChI is InChI=1S/C6H13NO2/c1-7(2)6(9)4-3-5(6)8/h5,8-9H,3-4H2,1-2H3/t5-,6+/m1/s1. The highest BCUT2D eigenvalue weighted by molar-refractivity contribution is 4.93. The Balaban J connectivity index is 2.53. The minimum absolute atomic E-state index is 0.549. The summed E-state index contributed by atoms with van der Waals surface area (Å²) in [5.41, 5.74) is -0.931. The Morgan fingerprint density at radius 2 is 2.11 bits per heavy atom. The first kappa shape index (κ1) is 6.99. The van der Waals surface area contributed by atoms with E-state index in [1.165, 1.54) is 0 Å². The van der Waals surface area contributed by atoms with Crippen molar-refractivity contribution in [3.8, 4) is 0 Å². The molecule has 3 nitrogen and oxygen atoms in total. The van der Waals surface area contributed by atoms with Crippen LogP contribution in [0.15, 0.2) is 0 Å². The highest BCUT2D eigenvalue weighted by Crippen LogP contribution is 2.33. The first-order valence-electron chi connectivity index (χ1n) is 3.15. The van der Waals surface area contributed by atoms with Crippen LogP contribution in [-0.4, -0.2) is 41.0 Å². The zero-order valence-corrected chi connectivity index (χ0v) is 5.83. The summed E-state index contributed by atoms with van der Waals surface area (Å²) in [6.45, 7) is 0. The second-order valence-corrected chi connectivity index (χ2v) is 2.83. The third-order valence-corrected chi connectivity index (χ3v) is 2.09. The van der Waals surface area contributed by atoms with Crippen LogP contribution in [0.2, 0.25) is 0 Å². The van der Waals surface area contributed by atoms with E-state index >= 15 is 0 Å². The zero-order chi connectivity index (χ0) is 7.07. The van der Waals surface area contributed by atoms with Gasteiger partial charge in [0.05, 0.1) is 6.10 Å². The average molecular weight is 131 g/mol. The van der Waals surface area contributed by atoms with Crippen molar-refractivity contribution in [1.29, 1.82) is 0 Å². The molecule has 0 aromatic carbocycles. The second kappa shape index (κ2) is 1.94. The Morgan fingerprint density at radius 3 is 2.11 bits per heavy atom. The summed E-state index contributed by atoms with van der Waals surface area (Å²) >= 11 is 0. The predicted octanol–water partition coefficient (Wildman–Crippen LogP) is -0.609. The lowest BCUT2D eigenvalue weighted by Crippen LogP contribution is -2.60. The van der Waals surface area contributed by atoms with Crippen molar-refractivity contribution in [2.45, 2.75) is 24.7 Å². The van der Waals surface area contributed by atoms with Crippen molar-refractivity contribution in [2.75, 3.05) is 14.1 Å². The zero-order valence-electron chi connectivity index (χ0n) is 5.83. The van der Waals surface area contributed by atoms with E-state index < -0.39 is 11.8 Å². The van der Waals surface area contributed by atoms with E-state index in [-0.39, 0.29) is 0 Å². The molecule has 1 fully saturated rings. The van der Waals surface area contributed by atoms with E-state index in [9.17, 15) is 5.11 Å². The molecule has 0 bridgehead atoms. The predicted molar refractivity (Wildman–Crippen MR) is 33.9 cm³/mol. The third-order valence-electron chi connectivity index (χ3n) is 2.09. The van der Waals surface area contributed by atoms with Gasteiger partial charge in [0.2, 0.25) is 0 Å².